The first-order valence-corrected chi connectivity index (χ1v) is 14.2. The minimum absolute atomic E-state index is 0.153. The topological polar surface area (TPSA) is 21.6 Å². The highest BCUT2D eigenvalue weighted by molar-refractivity contribution is 8.00. The largest absolute Gasteiger partial charge is 0.318 e. The molecule has 4 aromatic rings. The maximum Gasteiger partial charge on any atom is 0.289 e. The van der Waals surface area contributed by atoms with Gasteiger partial charge in [-0.25, -0.2) is 4.99 Å². The van der Waals surface area contributed by atoms with Gasteiger partial charge in [-0.2, -0.15) is 11.8 Å². The van der Waals surface area contributed by atoms with Crippen molar-refractivity contribution in [3.8, 4) is 0 Å². The Morgan fingerprint density at radius 1 is 0.697 bits per heavy atom. The summed E-state index contributed by atoms with van der Waals surface area (Å²) in [5, 5.41) is 3.69. The number of para-hydroxylation sites is 1. The average molecular weight is 471 g/mol. The number of thioether (sulfide) groups is 1. The first kappa shape index (κ1) is 23.3. The fourth-order valence-electron chi connectivity index (χ4n) is 3.88. The lowest BCUT2D eigenvalue weighted by molar-refractivity contribution is 0.593. The van der Waals surface area contributed by atoms with Crippen molar-refractivity contribution < 1.29 is 4.52 Å². The number of rotatable bonds is 8. The number of hydrogen-bond donors (Lipinski definition) is 0. The van der Waals surface area contributed by atoms with Crippen molar-refractivity contribution in [3.63, 3.8) is 0 Å². The molecule has 0 bridgehead atoms. The third kappa shape index (κ3) is 5.21. The summed E-state index contributed by atoms with van der Waals surface area (Å²) in [5.74, 6) is 0.779. The van der Waals surface area contributed by atoms with E-state index in [0.717, 1.165) is 18.0 Å². The van der Waals surface area contributed by atoms with Gasteiger partial charge in [0, 0.05) is 0 Å². The highest BCUT2D eigenvalue weighted by Crippen LogP contribution is 2.57. The van der Waals surface area contributed by atoms with Gasteiger partial charge in [0.2, 0.25) is 0 Å². The van der Waals surface area contributed by atoms with Gasteiger partial charge in [-0.15, -0.1) is 0 Å². The molecule has 0 aliphatic rings. The summed E-state index contributed by atoms with van der Waals surface area (Å²) in [4.78, 5) is 5.06. The van der Waals surface area contributed by atoms with Crippen LogP contribution in [0.3, 0.4) is 0 Å². The summed E-state index contributed by atoms with van der Waals surface area (Å²) in [5.41, 5.74) is 0.910. The summed E-state index contributed by atoms with van der Waals surface area (Å²) in [6, 6.07) is 42.0. The van der Waals surface area contributed by atoms with Crippen LogP contribution in [-0.2, 0) is 4.52 Å². The van der Waals surface area contributed by atoms with Crippen LogP contribution in [0.2, 0.25) is 0 Å². The SMILES string of the molecule is CCC(SC)C(=Nc1ccccc1)O[P+](c1ccccc1)(c1ccccc1)c1ccccc1. The third-order valence-corrected chi connectivity index (χ3v) is 10.2. The quantitative estimate of drug-likeness (QED) is 0.161. The molecule has 4 aromatic carbocycles. The average Bonchev–Trinajstić information content (AvgIpc) is 2.90. The molecule has 0 spiro atoms. The molecule has 0 aromatic heterocycles. The Hall–Kier alpha value is -2.87. The highest BCUT2D eigenvalue weighted by Gasteiger charge is 2.51. The van der Waals surface area contributed by atoms with E-state index in [-0.39, 0.29) is 5.25 Å². The smallest absolute Gasteiger partial charge is 0.289 e. The molecule has 166 valence electrons. The summed E-state index contributed by atoms with van der Waals surface area (Å²) >= 11 is 1.79. The van der Waals surface area contributed by atoms with Gasteiger partial charge in [0.1, 0.15) is 15.9 Å². The fraction of sp³-hybridized carbons (Fsp3) is 0.138. The number of benzene rings is 4. The fourth-order valence-corrected chi connectivity index (χ4v) is 8.02. The zero-order valence-electron chi connectivity index (χ0n) is 19.0. The Bertz CT molecular complexity index is 1050. The lowest BCUT2D eigenvalue weighted by Gasteiger charge is -2.28. The summed E-state index contributed by atoms with van der Waals surface area (Å²) < 4.78 is 7.28. The monoisotopic (exact) mass is 470 g/mol. The van der Waals surface area contributed by atoms with Crippen LogP contribution in [0.15, 0.2) is 126 Å². The van der Waals surface area contributed by atoms with Crippen molar-refractivity contribution in [3.05, 3.63) is 121 Å². The first-order valence-electron chi connectivity index (χ1n) is 11.2. The highest BCUT2D eigenvalue weighted by atomic mass is 32.2. The molecule has 0 aliphatic carbocycles. The molecule has 0 saturated carbocycles. The molecule has 4 heteroatoms. The van der Waals surface area contributed by atoms with E-state index in [9.17, 15) is 0 Å². The minimum atomic E-state index is -2.47. The number of aliphatic imine (C=N–C) groups is 1. The Labute approximate surface area is 202 Å². The second kappa shape index (κ2) is 11.3. The lowest BCUT2D eigenvalue weighted by Crippen LogP contribution is -2.36. The van der Waals surface area contributed by atoms with E-state index in [1.807, 2.05) is 30.3 Å². The van der Waals surface area contributed by atoms with Gasteiger partial charge in [-0.3, -0.25) is 0 Å². The van der Waals surface area contributed by atoms with Crippen molar-refractivity contribution in [1.82, 2.24) is 0 Å². The molecule has 0 fully saturated rings. The van der Waals surface area contributed by atoms with E-state index in [1.54, 1.807) is 11.8 Å². The van der Waals surface area contributed by atoms with E-state index < -0.39 is 7.49 Å². The van der Waals surface area contributed by atoms with E-state index in [2.05, 4.69) is 104 Å². The predicted molar refractivity (Wildman–Crippen MR) is 147 cm³/mol. The molecule has 0 radical (unpaired) electrons. The molecule has 33 heavy (non-hydrogen) atoms. The Morgan fingerprint density at radius 3 is 1.45 bits per heavy atom. The molecular weight excluding hydrogens is 441 g/mol. The zero-order chi connectivity index (χ0) is 22.9. The van der Waals surface area contributed by atoms with Gasteiger partial charge < -0.3 is 4.52 Å². The summed E-state index contributed by atoms with van der Waals surface area (Å²) in [6.45, 7) is 2.19. The van der Waals surface area contributed by atoms with E-state index >= 15 is 0 Å². The molecule has 0 N–H and O–H groups in total. The van der Waals surface area contributed by atoms with Crippen LogP contribution in [-0.4, -0.2) is 17.4 Å². The van der Waals surface area contributed by atoms with Crippen LogP contribution >= 0.6 is 19.3 Å². The van der Waals surface area contributed by atoms with E-state index in [0.29, 0.717) is 0 Å². The van der Waals surface area contributed by atoms with Gasteiger partial charge in [-0.1, -0.05) is 79.7 Å². The van der Waals surface area contributed by atoms with Crippen molar-refractivity contribution in [2.45, 2.75) is 18.6 Å². The Balaban J connectivity index is 1.98. The van der Waals surface area contributed by atoms with Gasteiger partial charge in [0.05, 0.1) is 10.9 Å². The normalized spacial score (nSPS) is 12.8. The molecule has 1 unspecified atom stereocenters. The Morgan fingerprint density at radius 2 is 1.09 bits per heavy atom. The van der Waals surface area contributed by atoms with Gasteiger partial charge in [-0.05, 0) is 61.2 Å². The van der Waals surface area contributed by atoms with Crippen molar-refractivity contribution in [1.29, 1.82) is 0 Å². The van der Waals surface area contributed by atoms with Crippen LogP contribution in [0.1, 0.15) is 13.3 Å². The Kier molecular flexibility index (Phi) is 7.99. The van der Waals surface area contributed by atoms with Crippen molar-refractivity contribution >= 4 is 46.8 Å². The minimum Gasteiger partial charge on any atom is -0.318 e. The number of hydrogen-bond acceptors (Lipinski definition) is 3. The molecule has 0 saturated heterocycles. The molecule has 0 heterocycles. The van der Waals surface area contributed by atoms with Crippen LogP contribution in [0.5, 0.6) is 0 Å². The predicted octanol–water partition coefficient (Wildman–Crippen LogP) is 6.78. The summed E-state index contributed by atoms with van der Waals surface area (Å²) in [7, 11) is -2.47. The van der Waals surface area contributed by atoms with Crippen LogP contribution in [0, 0.1) is 0 Å². The maximum atomic E-state index is 7.28. The van der Waals surface area contributed by atoms with Crippen molar-refractivity contribution in [2.75, 3.05) is 6.26 Å². The standard InChI is InChI=1S/C29H29NOPS/c1-3-28(33-2)29(30-24-16-8-4-9-17-24)31-32(25-18-10-5-11-19-25,26-20-12-6-13-21-26)27-22-14-7-15-23-27/h4-23,28H,3H2,1-2H3/q+1. The van der Waals surface area contributed by atoms with Gasteiger partial charge in [0.15, 0.2) is 0 Å². The molecule has 1 atom stereocenters. The zero-order valence-corrected chi connectivity index (χ0v) is 20.8. The second-order valence-electron chi connectivity index (χ2n) is 7.63. The van der Waals surface area contributed by atoms with Crippen LogP contribution < -0.4 is 15.9 Å². The van der Waals surface area contributed by atoms with Crippen LogP contribution in [0.4, 0.5) is 5.69 Å². The molecule has 0 aliphatic heterocycles. The third-order valence-electron chi connectivity index (χ3n) is 5.52. The van der Waals surface area contributed by atoms with Gasteiger partial charge >= 0.3 is 0 Å². The lowest BCUT2D eigenvalue weighted by atomic mass is 10.3. The van der Waals surface area contributed by atoms with E-state index in [4.69, 9.17) is 9.52 Å². The second-order valence-corrected chi connectivity index (χ2v) is 11.6. The summed E-state index contributed by atoms with van der Waals surface area (Å²) in [6.07, 6.45) is 3.07. The molecule has 2 nitrogen and oxygen atoms in total. The molecular formula is C29H29NOPS+. The molecule has 0 amide bonds. The van der Waals surface area contributed by atoms with Crippen LogP contribution in [0.25, 0.3) is 0 Å². The van der Waals surface area contributed by atoms with Gasteiger partial charge in [0.25, 0.3) is 13.4 Å². The van der Waals surface area contributed by atoms with Crippen molar-refractivity contribution in [2.24, 2.45) is 4.99 Å². The van der Waals surface area contributed by atoms with E-state index in [1.165, 1.54) is 15.9 Å². The first-order chi connectivity index (χ1) is 16.3. The maximum absolute atomic E-state index is 7.28. The molecule has 4 rings (SSSR count). The number of nitrogens with zero attached hydrogens (tertiary/aromatic N) is 1.